The van der Waals surface area contributed by atoms with Crippen LogP contribution in [0.2, 0.25) is 0 Å². The molecule has 0 spiro atoms. The van der Waals surface area contributed by atoms with Crippen molar-refractivity contribution in [1.29, 1.82) is 0 Å². The lowest BCUT2D eigenvalue weighted by Crippen LogP contribution is -1.95. The van der Waals surface area contributed by atoms with Crippen molar-refractivity contribution in [3.05, 3.63) is 53.1 Å². The molecule has 0 radical (unpaired) electrons. The summed E-state index contributed by atoms with van der Waals surface area (Å²) in [6.45, 7) is 0. The minimum atomic E-state index is 0.0379. The average molecular weight is 196 g/mol. The van der Waals surface area contributed by atoms with E-state index in [0.717, 1.165) is 21.7 Å². The normalized spacial score (nSPS) is 10.9. The highest BCUT2D eigenvalue weighted by molar-refractivity contribution is 6.04. The maximum Gasteiger partial charge on any atom is 0.179 e. The van der Waals surface area contributed by atoms with E-state index in [9.17, 15) is 4.79 Å². The summed E-state index contributed by atoms with van der Waals surface area (Å²) in [5.41, 5.74) is 1.05. The van der Waals surface area contributed by atoms with E-state index in [0.29, 0.717) is 0 Å². The van der Waals surface area contributed by atoms with Gasteiger partial charge in [-0.1, -0.05) is 12.1 Å². The molecule has 1 heterocycles. The largest absolute Gasteiger partial charge is 0.345 e. The molecule has 3 heteroatoms. The van der Waals surface area contributed by atoms with E-state index in [-0.39, 0.29) is 5.43 Å². The fraction of sp³-hybridized carbons (Fsp3) is 0. The number of nitrogens with one attached hydrogen (secondary N) is 1. The van der Waals surface area contributed by atoms with Crippen LogP contribution >= 0.6 is 0 Å². The number of hydrogen-bond donors (Lipinski definition) is 1. The lowest BCUT2D eigenvalue weighted by atomic mass is 10.1. The second kappa shape index (κ2) is 2.92. The number of aromatic amines is 1. The number of rotatable bonds is 0. The second-order valence-corrected chi connectivity index (χ2v) is 3.46. The van der Waals surface area contributed by atoms with Crippen LogP contribution in [0.5, 0.6) is 0 Å². The van der Waals surface area contributed by atoms with Crippen LogP contribution in [0.25, 0.3) is 21.7 Å². The van der Waals surface area contributed by atoms with Crippen LogP contribution in [0.15, 0.2) is 47.7 Å². The van der Waals surface area contributed by atoms with Gasteiger partial charge in [-0.25, -0.2) is 4.98 Å². The molecule has 0 fully saturated rings. The first-order chi connectivity index (χ1) is 7.34. The molecule has 3 nitrogen and oxygen atoms in total. The van der Waals surface area contributed by atoms with Gasteiger partial charge in [0, 0.05) is 17.0 Å². The van der Waals surface area contributed by atoms with Crippen LogP contribution < -0.4 is 5.43 Å². The summed E-state index contributed by atoms with van der Waals surface area (Å²) in [7, 11) is 0. The Labute approximate surface area is 85.4 Å². The topological polar surface area (TPSA) is 45.8 Å². The van der Waals surface area contributed by atoms with Gasteiger partial charge in [-0.05, 0) is 23.6 Å². The van der Waals surface area contributed by atoms with Crippen molar-refractivity contribution < 1.29 is 0 Å². The van der Waals surface area contributed by atoms with E-state index in [2.05, 4.69) is 9.97 Å². The molecule has 72 valence electrons. The predicted octanol–water partition coefficient (Wildman–Crippen LogP) is 2.08. The quantitative estimate of drug-likeness (QED) is 0.559. The number of fused-ring (bicyclic) bond motifs is 3. The number of benzene rings is 2. The third kappa shape index (κ3) is 1.21. The fourth-order valence-electron chi connectivity index (χ4n) is 1.81. The van der Waals surface area contributed by atoms with Crippen molar-refractivity contribution in [3.63, 3.8) is 0 Å². The Morgan fingerprint density at radius 1 is 1.07 bits per heavy atom. The van der Waals surface area contributed by atoms with Crippen molar-refractivity contribution in [2.45, 2.75) is 0 Å². The lowest BCUT2D eigenvalue weighted by Gasteiger charge is -2.01. The Morgan fingerprint density at radius 3 is 2.87 bits per heavy atom. The summed E-state index contributed by atoms with van der Waals surface area (Å²) in [6, 6.07) is 8.96. The average Bonchev–Trinajstić information content (AvgIpc) is 2.28. The van der Waals surface area contributed by atoms with Crippen LogP contribution in [-0.2, 0) is 0 Å². The van der Waals surface area contributed by atoms with Crippen LogP contribution in [0.1, 0.15) is 0 Å². The van der Waals surface area contributed by atoms with E-state index in [4.69, 9.17) is 0 Å². The number of H-pyrrole nitrogens is 1. The van der Waals surface area contributed by atoms with Crippen molar-refractivity contribution in [2.75, 3.05) is 0 Å². The standard InChI is InChI=1S/C12H8N2O/c15-10-3-4-11-8(5-10)1-2-9-6-13-7-14-12(9)11/h1-7H,(H,13,14). The van der Waals surface area contributed by atoms with Gasteiger partial charge in [-0.3, -0.25) is 4.79 Å². The minimum absolute atomic E-state index is 0.0379. The first-order valence-electron chi connectivity index (χ1n) is 4.70. The summed E-state index contributed by atoms with van der Waals surface area (Å²) in [6.07, 6.45) is 3.45. The van der Waals surface area contributed by atoms with Gasteiger partial charge >= 0.3 is 0 Å². The minimum Gasteiger partial charge on any atom is -0.345 e. The molecule has 0 aliphatic heterocycles. The zero-order valence-corrected chi connectivity index (χ0v) is 7.90. The van der Waals surface area contributed by atoms with Gasteiger partial charge in [0.25, 0.3) is 0 Å². The molecule has 0 aliphatic carbocycles. The SMILES string of the molecule is O=c1ccc2c(ccc3cnc[nH]c32)c1. The number of aromatic nitrogens is 2. The zero-order chi connectivity index (χ0) is 10.3. The summed E-state index contributed by atoms with van der Waals surface area (Å²) in [5, 5.41) is 3.05. The van der Waals surface area contributed by atoms with E-state index in [1.54, 1.807) is 24.7 Å². The van der Waals surface area contributed by atoms with Gasteiger partial charge in [0.15, 0.2) is 5.43 Å². The summed E-state index contributed by atoms with van der Waals surface area (Å²) in [5.74, 6) is 0. The molecule has 1 N–H and O–H groups in total. The predicted molar refractivity (Wildman–Crippen MR) is 59.9 cm³/mol. The van der Waals surface area contributed by atoms with Gasteiger partial charge in [0.05, 0.1) is 11.8 Å². The molecule has 15 heavy (non-hydrogen) atoms. The maximum absolute atomic E-state index is 11.2. The first kappa shape index (κ1) is 8.17. The third-order valence-corrected chi connectivity index (χ3v) is 2.52. The van der Waals surface area contributed by atoms with Gasteiger partial charge in [-0.15, -0.1) is 0 Å². The monoisotopic (exact) mass is 196 g/mol. The van der Waals surface area contributed by atoms with Crippen molar-refractivity contribution in [3.8, 4) is 0 Å². The Hall–Kier alpha value is -2.16. The van der Waals surface area contributed by atoms with Gasteiger partial charge in [0.1, 0.15) is 0 Å². The maximum atomic E-state index is 11.2. The highest BCUT2D eigenvalue weighted by Crippen LogP contribution is 2.20. The molecule has 0 saturated heterocycles. The van der Waals surface area contributed by atoms with Crippen LogP contribution in [0.3, 0.4) is 0 Å². The van der Waals surface area contributed by atoms with Gasteiger partial charge < -0.3 is 4.98 Å². The highest BCUT2D eigenvalue weighted by atomic mass is 16.1. The Balaban J connectivity index is 2.60. The summed E-state index contributed by atoms with van der Waals surface area (Å²) < 4.78 is 0. The first-order valence-corrected chi connectivity index (χ1v) is 4.70. The smallest absolute Gasteiger partial charge is 0.179 e. The van der Waals surface area contributed by atoms with Crippen molar-refractivity contribution in [2.24, 2.45) is 0 Å². The Bertz CT molecular complexity index is 700. The second-order valence-electron chi connectivity index (χ2n) is 3.46. The molecule has 3 rings (SSSR count). The molecule has 3 aromatic rings. The van der Waals surface area contributed by atoms with E-state index in [1.807, 2.05) is 18.2 Å². The Kier molecular flexibility index (Phi) is 1.59. The van der Waals surface area contributed by atoms with Gasteiger partial charge in [0.2, 0.25) is 0 Å². The summed E-state index contributed by atoms with van der Waals surface area (Å²) in [4.78, 5) is 18.3. The molecule has 2 aromatic carbocycles. The Morgan fingerprint density at radius 2 is 1.93 bits per heavy atom. The molecule has 0 atom stereocenters. The van der Waals surface area contributed by atoms with E-state index in [1.165, 1.54) is 0 Å². The molecule has 0 unspecified atom stereocenters. The molecule has 0 amide bonds. The molecule has 0 saturated carbocycles. The van der Waals surface area contributed by atoms with Crippen LogP contribution in [-0.4, -0.2) is 9.97 Å². The highest BCUT2D eigenvalue weighted by Gasteiger charge is 2.00. The number of nitrogens with zero attached hydrogens (tertiary/aromatic N) is 1. The fourth-order valence-corrected chi connectivity index (χ4v) is 1.81. The van der Waals surface area contributed by atoms with Crippen molar-refractivity contribution >= 4 is 21.7 Å². The zero-order valence-electron chi connectivity index (χ0n) is 7.90. The van der Waals surface area contributed by atoms with E-state index < -0.39 is 0 Å². The molecule has 1 aromatic heterocycles. The van der Waals surface area contributed by atoms with Gasteiger partial charge in [-0.2, -0.15) is 0 Å². The van der Waals surface area contributed by atoms with Crippen LogP contribution in [0.4, 0.5) is 0 Å². The number of hydrogen-bond acceptors (Lipinski definition) is 2. The van der Waals surface area contributed by atoms with Crippen LogP contribution in [0, 0.1) is 0 Å². The van der Waals surface area contributed by atoms with E-state index >= 15 is 0 Å². The van der Waals surface area contributed by atoms with Crippen molar-refractivity contribution in [1.82, 2.24) is 9.97 Å². The molecular weight excluding hydrogens is 188 g/mol. The third-order valence-electron chi connectivity index (χ3n) is 2.52. The molecule has 0 bridgehead atoms. The molecule has 0 aliphatic rings. The summed E-state index contributed by atoms with van der Waals surface area (Å²) >= 11 is 0. The molecular formula is C12H8N2O. The lowest BCUT2D eigenvalue weighted by molar-refractivity contribution is 1.23.